The van der Waals surface area contributed by atoms with Gasteiger partial charge in [0.2, 0.25) is 0 Å². The fourth-order valence-corrected chi connectivity index (χ4v) is 0.980. The third-order valence-electron chi connectivity index (χ3n) is 1.55. The van der Waals surface area contributed by atoms with Gasteiger partial charge in [-0.1, -0.05) is 0 Å². The molecule has 1 heterocycles. The Bertz CT molecular complexity index is 114. The Labute approximate surface area is 55.0 Å². The van der Waals surface area contributed by atoms with E-state index in [0.717, 1.165) is 26.1 Å². The van der Waals surface area contributed by atoms with Crippen molar-refractivity contribution in [1.29, 1.82) is 0 Å². The summed E-state index contributed by atoms with van der Waals surface area (Å²) in [5.74, 6) is 0. The monoisotopic (exact) mass is 128 g/mol. The van der Waals surface area contributed by atoms with E-state index in [1.165, 1.54) is 0 Å². The zero-order valence-electron chi connectivity index (χ0n) is 5.68. The molecule has 3 heteroatoms. The first-order valence-corrected chi connectivity index (χ1v) is 3.37. The summed E-state index contributed by atoms with van der Waals surface area (Å²) in [6.07, 6.45) is 1.08. The second-order valence-corrected chi connectivity index (χ2v) is 2.17. The van der Waals surface area contributed by atoms with Gasteiger partial charge in [0.05, 0.1) is 0 Å². The van der Waals surface area contributed by atoms with Crippen LogP contribution in [0.1, 0.15) is 13.3 Å². The number of rotatable bonds is 1. The summed E-state index contributed by atoms with van der Waals surface area (Å²) in [7, 11) is 0. The van der Waals surface area contributed by atoms with Crippen LogP contribution in [0.3, 0.4) is 0 Å². The molecule has 0 radical (unpaired) electrons. The van der Waals surface area contributed by atoms with E-state index >= 15 is 0 Å². The number of urea groups is 1. The molecule has 1 aliphatic heterocycles. The summed E-state index contributed by atoms with van der Waals surface area (Å²) in [6.45, 7) is 4.58. The molecule has 0 spiro atoms. The van der Waals surface area contributed by atoms with Crippen LogP contribution < -0.4 is 5.32 Å². The smallest absolute Gasteiger partial charge is 0.317 e. The van der Waals surface area contributed by atoms with Crippen LogP contribution in [-0.4, -0.2) is 30.6 Å². The lowest BCUT2D eigenvalue weighted by molar-refractivity contribution is 0.189. The lowest BCUT2D eigenvalue weighted by Crippen LogP contribution is -2.46. The fourth-order valence-electron chi connectivity index (χ4n) is 0.980. The molecular formula is C6H12N2O. The molecule has 1 N–H and O–H groups in total. The van der Waals surface area contributed by atoms with Crippen LogP contribution in [0.2, 0.25) is 0 Å². The molecule has 0 saturated carbocycles. The van der Waals surface area contributed by atoms with Crippen LogP contribution in [0.25, 0.3) is 0 Å². The molecule has 2 amide bonds. The Hall–Kier alpha value is -0.730. The van der Waals surface area contributed by atoms with Gasteiger partial charge in [-0.05, 0) is 13.3 Å². The third kappa shape index (κ3) is 1.34. The van der Waals surface area contributed by atoms with Crippen LogP contribution in [0.15, 0.2) is 0 Å². The fraction of sp³-hybridized carbons (Fsp3) is 0.833. The third-order valence-corrected chi connectivity index (χ3v) is 1.55. The normalized spacial score (nSPS) is 19.7. The lowest BCUT2D eigenvalue weighted by atomic mass is 10.3. The average Bonchev–Trinajstić information content (AvgIpc) is 1.89. The van der Waals surface area contributed by atoms with E-state index in [4.69, 9.17) is 0 Å². The van der Waals surface area contributed by atoms with E-state index in [2.05, 4.69) is 5.32 Å². The van der Waals surface area contributed by atoms with Gasteiger partial charge in [-0.3, -0.25) is 0 Å². The van der Waals surface area contributed by atoms with E-state index in [1.54, 1.807) is 0 Å². The minimum Gasteiger partial charge on any atom is -0.338 e. The highest BCUT2D eigenvalue weighted by atomic mass is 16.2. The molecule has 1 saturated heterocycles. The minimum absolute atomic E-state index is 0.0868. The molecule has 0 aromatic heterocycles. The Morgan fingerprint density at radius 1 is 1.78 bits per heavy atom. The first kappa shape index (κ1) is 6.39. The molecule has 9 heavy (non-hydrogen) atoms. The van der Waals surface area contributed by atoms with Gasteiger partial charge in [0, 0.05) is 19.6 Å². The molecule has 3 nitrogen and oxygen atoms in total. The summed E-state index contributed by atoms with van der Waals surface area (Å²) in [4.78, 5) is 12.6. The molecule has 0 bridgehead atoms. The van der Waals surface area contributed by atoms with E-state index in [0.29, 0.717) is 0 Å². The number of nitrogens with one attached hydrogen (secondary N) is 1. The maximum absolute atomic E-state index is 10.8. The van der Waals surface area contributed by atoms with Crippen molar-refractivity contribution < 1.29 is 4.79 Å². The SMILES string of the molecule is CCN1CCCNC1=O. The molecule has 0 atom stereocenters. The highest BCUT2D eigenvalue weighted by Gasteiger charge is 2.13. The van der Waals surface area contributed by atoms with Crippen molar-refractivity contribution in [3.63, 3.8) is 0 Å². The Morgan fingerprint density at radius 2 is 2.56 bits per heavy atom. The van der Waals surface area contributed by atoms with Crippen LogP contribution in [-0.2, 0) is 0 Å². The van der Waals surface area contributed by atoms with Gasteiger partial charge in [-0.15, -0.1) is 0 Å². The van der Waals surface area contributed by atoms with Crippen molar-refractivity contribution in [3.05, 3.63) is 0 Å². The molecule has 52 valence electrons. The number of amides is 2. The number of carbonyl (C=O) groups excluding carboxylic acids is 1. The maximum atomic E-state index is 10.8. The molecule has 0 aromatic rings. The molecule has 0 aliphatic carbocycles. The maximum Gasteiger partial charge on any atom is 0.317 e. The van der Waals surface area contributed by atoms with Crippen molar-refractivity contribution in [2.24, 2.45) is 0 Å². The van der Waals surface area contributed by atoms with Crippen LogP contribution in [0.4, 0.5) is 4.79 Å². The first-order valence-electron chi connectivity index (χ1n) is 3.37. The Morgan fingerprint density at radius 3 is 3.00 bits per heavy atom. The first-order chi connectivity index (χ1) is 4.34. The van der Waals surface area contributed by atoms with Gasteiger partial charge < -0.3 is 10.2 Å². The average molecular weight is 128 g/mol. The van der Waals surface area contributed by atoms with Gasteiger partial charge in [-0.2, -0.15) is 0 Å². The Kier molecular flexibility index (Phi) is 1.92. The molecular weight excluding hydrogens is 116 g/mol. The highest BCUT2D eigenvalue weighted by Crippen LogP contribution is 1.96. The number of hydrogen-bond acceptors (Lipinski definition) is 1. The zero-order chi connectivity index (χ0) is 6.69. The van der Waals surface area contributed by atoms with Gasteiger partial charge in [0.15, 0.2) is 0 Å². The number of carbonyl (C=O) groups is 1. The molecule has 1 fully saturated rings. The quantitative estimate of drug-likeness (QED) is 0.545. The van der Waals surface area contributed by atoms with Crippen LogP contribution in [0.5, 0.6) is 0 Å². The minimum atomic E-state index is 0.0868. The predicted octanol–water partition coefficient (Wildman–Crippen LogP) is 0.422. The summed E-state index contributed by atoms with van der Waals surface area (Å²) in [5.41, 5.74) is 0. The lowest BCUT2D eigenvalue weighted by Gasteiger charge is -2.25. The number of nitrogens with zero attached hydrogens (tertiary/aromatic N) is 1. The highest BCUT2D eigenvalue weighted by molar-refractivity contribution is 5.74. The van der Waals surface area contributed by atoms with Crippen molar-refractivity contribution in [1.82, 2.24) is 10.2 Å². The van der Waals surface area contributed by atoms with Crippen molar-refractivity contribution in [2.45, 2.75) is 13.3 Å². The molecule has 1 rings (SSSR count). The topological polar surface area (TPSA) is 32.3 Å². The van der Waals surface area contributed by atoms with Crippen molar-refractivity contribution in [2.75, 3.05) is 19.6 Å². The molecule has 0 aromatic carbocycles. The summed E-state index contributed by atoms with van der Waals surface area (Å²) >= 11 is 0. The van der Waals surface area contributed by atoms with E-state index in [-0.39, 0.29) is 6.03 Å². The van der Waals surface area contributed by atoms with Crippen LogP contribution in [0, 0.1) is 0 Å². The van der Waals surface area contributed by atoms with Gasteiger partial charge in [0.1, 0.15) is 0 Å². The Balaban J connectivity index is 2.39. The van der Waals surface area contributed by atoms with Gasteiger partial charge >= 0.3 is 6.03 Å². The summed E-state index contributed by atoms with van der Waals surface area (Å²) in [5, 5.41) is 2.77. The van der Waals surface area contributed by atoms with E-state index in [1.807, 2.05) is 11.8 Å². The summed E-state index contributed by atoms with van der Waals surface area (Å²) in [6, 6.07) is 0.0868. The zero-order valence-corrected chi connectivity index (χ0v) is 5.68. The van der Waals surface area contributed by atoms with Gasteiger partial charge in [0.25, 0.3) is 0 Å². The summed E-state index contributed by atoms with van der Waals surface area (Å²) < 4.78 is 0. The molecule has 0 unspecified atom stereocenters. The second kappa shape index (κ2) is 2.71. The standard InChI is InChI=1S/C6H12N2O/c1-2-8-5-3-4-7-6(8)9/h2-5H2,1H3,(H,7,9). The molecule has 1 aliphatic rings. The predicted molar refractivity (Wildman–Crippen MR) is 35.3 cm³/mol. The van der Waals surface area contributed by atoms with Crippen LogP contribution >= 0.6 is 0 Å². The van der Waals surface area contributed by atoms with Crippen molar-refractivity contribution >= 4 is 6.03 Å². The van der Waals surface area contributed by atoms with E-state index in [9.17, 15) is 4.79 Å². The second-order valence-electron chi connectivity index (χ2n) is 2.17. The van der Waals surface area contributed by atoms with E-state index < -0.39 is 0 Å². The number of hydrogen-bond donors (Lipinski definition) is 1. The largest absolute Gasteiger partial charge is 0.338 e. The van der Waals surface area contributed by atoms with Gasteiger partial charge in [-0.25, -0.2) is 4.79 Å². The van der Waals surface area contributed by atoms with Crippen molar-refractivity contribution in [3.8, 4) is 0 Å².